The second-order valence-corrected chi connectivity index (χ2v) is 5.31. The summed E-state index contributed by atoms with van der Waals surface area (Å²) >= 11 is 6.16. The van der Waals surface area contributed by atoms with Crippen LogP contribution in [-0.4, -0.2) is 21.6 Å². The molecule has 0 spiro atoms. The average Bonchev–Trinajstić information content (AvgIpc) is 3.06. The third kappa shape index (κ3) is 2.45. The van der Waals surface area contributed by atoms with Crippen LogP contribution in [0.3, 0.4) is 0 Å². The molecule has 1 aliphatic heterocycles. The van der Waals surface area contributed by atoms with Crippen LogP contribution in [0.1, 0.15) is 35.9 Å². The number of para-hydroxylation sites is 1. The predicted octanol–water partition coefficient (Wildman–Crippen LogP) is 3.14. The molecule has 5 heteroatoms. The lowest BCUT2D eigenvalue weighted by Crippen LogP contribution is -2.11. The maximum absolute atomic E-state index is 6.16. The minimum atomic E-state index is -0.0548. The van der Waals surface area contributed by atoms with Crippen LogP contribution in [0.5, 0.6) is 5.75 Å². The predicted molar refractivity (Wildman–Crippen MR) is 73.6 cm³/mol. The zero-order valence-electron chi connectivity index (χ0n) is 10.8. The van der Waals surface area contributed by atoms with E-state index in [4.69, 9.17) is 16.3 Å². The Hall–Kier alpha value is -1.55. The summed E-state index contributed by atoms with van der Waals surface area (Å²) in [6.45, 7) is 3.52. The van der Waals surface area contributed by atoms with E-state index in [-0.39, 0.29) is 5.38 Å². The molecule has 0 radical (unpaired) electrons. The number of rotatable bonds is 4. The molecule has 0 aliphatic carbocycles. The van der Waals surface area contributed by atoms with E-state index in [1.807, 2.05) is 36.0 Å². The van der Waals surface area contributed by atoms with Gasteiger partial charge in [0.15, 0.2) is 0 Å². The summed E-state index contributed by atoms with van der Waals surface area (Å²) in [7, 11) is 0. The Morgan fingerprint density at radius 3 is 3.16 bits per heavy atom. The Bertz CT molecular complexity index is 569. The van der Waals surface area contributed by atoms with Gasteiger partial charge in [-0.3, -0.25) is 4.68 Å². The molecule has 0 amide bonds. The molecular weight excluding hydrogens is 262 g/mol. The van der Waals surface area contributed by atoms with Crippen LogP contribution in [0, 0.1) is 0 Å². The molecule has 2 unspecified atom stereocenters. The highest BCUT2D eigenvalue weighted by molar-refractivity contribution is 6.20. The van der Waals surface area contributed by atoms with Crippen LogP contribution in [0.2, 0.25) is 0 Å². The number of ether oxygens (including phenoxy) is 1. The van der Waals surface area contributed by atoms with Gasteiger partial charge in [-0.2, -0.15) is 0 Å². The highest BCUT2D eigenvalue weighted by Gasteiger charge is 2.24. The van der Waals surface area contributed by atoms with E-state index in [0.717, 1.165) is 24.4 Å². The minimum absolute atomic E-state index is 0.0548. The van der Waals surface area contributed by atoms with E-state index in [1.165, 1.54) is 5.56 Å². The van der Waals surface area contributed by atoms with Crippen LogP contribution in [0.25, 0.3) is 0 Å². The Balaban J connectivity index is 1.74. The summed E-state index contributed by atoms with van der Waals surface area (Å²) in [6, 6.07) is 8.16. The van der Waals surface area contributed by atoms with Gasteiger partial charge < -0.3 is 4.74 Å². The molecule has 2 aromatic rings. The Morgan fingerprint density at radius 2 is 2.32 bits per heavy atom. The zero-order chi connectivity index (χ0) is 13.2. The summed E-state index contributed by atoms with van der Waals surface area (Å²) in [5, 5.41) is 8.22. The van der Waals surface area contributed by atoms with Crippen molar-refractivity contribution < 1.29 is 4.74 Å². The first-order valence-electron chi connectivity index (χ1n) is 6.53. The largest absolute Gasteiger partial charge is 0.493 e. The highest BCUT2D eigenvalue weighted by atomic mass is 35.5. The Kier molecular flexibility index (Phi) is 3.42. The van der Waals surface area contributed by atoms with Crippen molar-refractivity contribution >= 4 is 11.6 Å². The third-order valence-corrected chi connectivity index (χ3v) is 3.97. The van der Waals surface area contributed by atoms with Gasteiger partial charge in [0.2, 0.25) is 0 Å². The van der Waals surface area contributed by atoms with Crippen molar-refractivity contribution in [2.24, 2.45) is 0 Å². The number of aromatic nitrogens is 3. The molecule has 100 valence electrons. The summed E-state index contributed by atoms with van der Waals surface area (Å²) in [5.41, 5.74) is 2.09. The summed E-state index contributed by atoms with van der Waals surface area (Å²) < 4.78 is 7.53. The first-order chi connectivity index (χ1) is 9.28. The van der Waals surface area contributed by atoms with Crippen molar-refractivity contribution in [3.63, 3.8) is 0 Å². The highest BCUT2D eigenvalue weighted by Crippen LogP contribution is 2.34. The molecule has 0 saturated carbocycles. The fourth-order valence-corrected chi connectivity index (χ4v) is 2.46. The molecule has 1 aromatic heterocycles. The molecule has 4 nitrogen and oxygen atoms in total. The normalized spacial score (nSPS) is 18.9. The fraction of sp³-hybridized carbons (Fsp3) is 0.429. The monoisotopic (exact) mass is 277 g/mol. The molecule has 19 heavy (non-hydrogen) atoms. The first kappa shape index (κ1) is 12.5. The van der Waals surface area contributed by atoms with Crippen LogP contribution < -0.4 is 4.74 Å². The van der Waals surface area contributed by atoms with E-state index >= 15 is 0 Å². The summed E-state index contributed by atoms with van der Waals surface area (Å²) in [4.78, 5) is 0. The molecular formula is C14H16ClN3O. The number of hydrogen-bond donors (Lipinski definition) is 0. The van der Waals surface area contributed by atoms with Crippen molar-refractivity contribution in [3.05, 3.63) is 41.7 Å². The van der Waals surface area contributed by atoms with Gasteiger partial charge in [-0.25, -0.2) is 0 Å². The van der Waals surface area contributed by atoms with Gasteiger partial charge in [0.1, 0.15) is 11.4 Å². The number of alkyl halides is 1. The van der Waals surface area contributed by atoms with Crippen LogP contribution in [0.15, 0.2) is 30.5 Å². The van der Waals surface area contributed by atoms with Crippen molar-refractivity contribution in [1.82, 2.24) is 15.0 Å². The van der Waals surface area contributed by atoms with Gasteiger partial charge in [0, 0.05) is 17.7 Å². The second-order valence-electron chi connectivity index (χ2n) is 4.79. The average molecular weight is 278 g/mol. The van der Waals surface area contributed by atoms with Crippen molar-refractivity contribution in [2.45, 2.75) is 31.2 Å². The molecule has 0 bridgehead atoms. The van der Waals surface area contributed by atoms with Gasteiger partial charge in [0.25, 0.3) is 0 Å². The topological polar surface area (TPSA) is 39.9 Å². The van der Waals surface area contributed by atoms with Gasteiger partial charge >= 0.3 is 0 Å². The lowest BCUT2D eigenvalue weighted by molar-refractivity contribution is 0.314. The smallest absolute Gasteiger partial charge is 0.122 e. The quantitative estimate of drug-likeness (QED) is 0.806. The Morgan fingerprint density at radius 1 is 1.47 bits per heavy atom. The molecule has 3 rings (SSSR count). The molecule has 1 aliphatic rings. The van der Waals surface area contributed by atoms with Gasteiger partial charge in [-0.1, -0.05) is 30.3 Å². The standard InChI is InChI=1S/C14H16ClN3O/c1-2-12(15)13-8-18(17-16-13)7-10-9-19-14-6-4-3-5-11(10)14/h3-6,8,10,12H,2,7,9H2,1H3. The van der Waals surface area contributed by atoms with E-state index < -0.39 is 0 Å². The van der Waals surface area contributed by atoms with Crippen molar-refractivity contribution in [3.8, 4) is 5.75 Å². The van der Waals surface area contributed by atoms with Crippen molar-refractivity contribution in [1.29, 1.82) is 0 Å². The fourth-order valence-electron chi connectivity index (χ4n) is 2.36. The number of fused-ring (bicyclic) bond motifs is 1. The van der Waals surface area contributed by atoms with Crippen molar-refractivity contribution in [2.75, 3.05) is 6.61 Å². The SMILES string of the molecule is CCC(Cl)c1cn(CC2COc3ccccc32)nn1. The Labute approximate surface area is 117 Å². The lowest BCUT2D eigenvalue weighted by atomic mass is 10.0. The lowest BCUT2D eigenvalue weighted by Gasteiger charge is -2.07. The second kappa shape index (κ2) is 5.21. The maximum Gasteiger partial charge on any atom is 0.122 e. The number of hydrogen-bond acceptors (Lipinski definition) is 3. The van der Waals surface area contributed by atoms with Crippen LogP contribution in [-0.2, 0) is 6.54 Å². The zero-order valence-corrected chi connectivity index (χ0v) is 11.5. The molecule has 0 saturated heterocycles. The van der Waals surface area contributed by atoms with Crippen LogP contribution >= 0.6 is 11.6 Å². The minimum Gasteiger partial charge on any atom is -0.493 e. The molecule has 2 heterocycles. The number of halogens is 1. The molecule has 0 N–H and O–H groups in total. The van der Waals surface area contributed by atoms with Gasteiger partial charge in [0.05, 0.1) is 18.5 Å². The molecule has 2 atom stereocenters. The van der Waals surface area contributed by atoms with Crippen LogP contribution in [0.4, 0.5) is 0 Å². The molecule has 1 aromatic carbocycles. The first-order valence-corrected chi connectivity index (χ1v) is 6.97. The molecule has 0 fully saturated rings. The van der Waals surface area contributed by atoms with Gasteiger partial charge in [-0.15, -0.1) is 16.7 Å². The van der Waals surface area contributed by atoms with E-state index in [9.17, 15) is 0 Å². The summed E-state index contributed by atoms with van der Waals surface area (Å²) in [6.07, 6.45) is 2.79. The third-order valence-electron chi connectivity index (χ3n) is 3.44. The number of nitrogens with zero attached hydrogens (tertiary/aromatic N) is 3. The van der Waals surface area contributed by atoms with E-state index in [0.29, 0.717) is 12.5 Å². The summed E-state index contributed by atoms with van der Waals surface area (Å²) in [5.74, 6) is 1.32. The number of benzene rings is 1. The van der Waals surface area contributed by atoms with E-state index in [1.54, 1.807) is 0 Å². The van der Waals surface area contributed by atoms with E-state index in [2.05, 4.69) is 16.4 Å². The maximum atomic E-state index is 6.16. The van der Waals surface area contributed by atoms with Gasteiger partial charge in [-0.05, 0) is 12.5 Å².